The summed E-state index contributed by atoms with van der Waals surface area (Å²) >= 11 is 0. The molecule has 1 aromatic carbocycles. The number of methoxy groups -OCH3 is 1. The van der Waals surface area contributed by atoms with Crippen LogP contribution in [0.25, 0.3) is 22.6 Å². The second kappa shape index (κ2) is 4.87. The van der Waals surface area contributed by atoms with E-state index in [0.29, 0.717) is 22.7 Å². The summed E-state index contributed by atoms with van der Waals surface area (Å²) in [5, 5.41) is 0. The summed E-state index contributed by atoms with van der Waals surface area (Å²) < 4.78 is 9.38. The van der Waals surface area contributed by atoms with Crippen LogP contribution in [0.3, 0.4) is 0 Å². The normalized spacial score (nSPS) is 11.1. The highest BCUT2D eigenvalue weighted by molar-refractivity contribution is 5.77. The largest absolute Gasteiger partial charge is 0.497 e. The number of imidazole rings is 1. The van der Waals surface area contributed by atoms with Crippen molar-refractivity contribution in [2.24, 2.45) is 21.1 Å². The molecule has 0 fully saturated rings. The molecule has 3 aromatic rings. The first-order chi connectivity index (χ1) is 10.5. The Labute approximate surface area is 126 Å². The highest BCUT2D eigenvalue weighted by Gasteiger charge is 2.17. The lowest BCUT2D eigenvalue weighted by Crippen LogP contribution is -2.37. The van der Waals surface area contributed by atoms with E-state index in [-0.39, 0.29) is 5.56 Å². The monoisotopic (exact) mass is 300 g/mol. The van der Waals surface area contributed by atoms with Gasteiger partial charge >= 0.3 is 5.69 Å². The molecule has 0 atom stereocenters. The molecule has 0 aliphatic rings. The number of hydrogen-bond donors (Lipinski definition) is 0. The van der Waals surface area contributed by atoms with E-state index in [0.717, 1.165) is 10.1 Å². The Kier molecular flexibility index (Phi) is 3.13. The molecule has 0 amide bonds. The van der Waals surface area contributed by atoms with Crippen LogP contribution in [0.15, 0.2) is 33.9 Å². The fourth-order valence-electron chi connectivity index (χ4n) is 2.54. The average molecular weight is 300 g/mol. The highest BCUT2D eigenvalue weighted by Crippen LogP contribution is 2.24. The van der Waals surface area contributed by atoms with Crippen LogP contribution in [0.5, 0.6) is 5.75 Å². The summed E-state index contributed by atoms with van der Waals surface area (Å²) in [6.45, 7) is 0. The Morgan fingerprint density at radius 3 is 2.45 bits per heavy atom. The van der Waals surface area contributed by atoms with Crippen LogP contribution in [-0.4, -0.2) is 25.8 Å². The van der Waals surface area contributed by atoms with Crippen LogP contribution in [-0.2, 0) is 21.1 Å². The Morgan fingerprint density at radius 2 is 1.77 bits per heavy atom. The summed E-state index contributed by atoms with van der Waals surface area (Å²) in [4.78, 5) is 28.8. The number of fused-ring (bicyclic) bond motifs is 1. The van der Waals surface area contributed by atoms with Crippen molar-refractivity contribution in [3.05, 3.63) is 45.1 Å². The van der Waals surface area contributed by atoms with E-state index < -0.39 is 5.69 Å². The number of rotatable bonds is 2. The standard InChI is InChI=1S/C15H16N4O3/c1-17-11-13(18(2)15(21)19(3)14(11)20)16-12(17)9-6-5-7-10(8-9)22-4/h5-8H,1-4H3. The van der Waals surface area contributed by atoms with Gasteiger partial charge in [-0.05, 0) is 12.1 Å². The van der Waals surface area contributed by atoms with Gasteiger partial charge in [0.2, 0.25) is 0 Å². The second-order valence-corrected chi connectivity index (χ2v) is 5.10. The molecule has 0 unspecified atom stereocenters. The topological polar surface area (TPSA) is 71.1 Å². The number of aromatic nitrogens is 4. The van der Waals surface area contributed by atoms with Crippen molar-refractivity contribution in [3.63, 3.8) is 0 Å². The van der Waals surface area contributed by atoms with Crippen molar-refractivity contribution >= 4 is 11.2 Å². The van der Waals surface area contributed by atoms with E-state index in [1.165, 1.54) is 11.6 Å². The molecule has 0 aliphatic carbocycles. The molecule has 22 heavy (non-hydrogen) atoms. The average Bonchev–Trinajstić information content (AvgIpc) is 2.88. The minimum Gasteiger partial charge on any atom is -0.497 e. The SMILES string of the molecule is COc1cccc(-c2nc3c(c(=O)n(C)c(=O)n3C)n2C)c1. The van der Waals surface area contributed by atoms with Crippen LogP contribution in [0.1, 0.15) is 0 Å². The molecule has 0 N–H and O–H groups in total. The van der Waals surface area contributed by atoms with Crippen molar-refractivity contribution < 1.29 is 4.74 Å². The van der Waals surface area contributed by atoms with Gasteiger partial charge in [-0.2, -0.15) is 0 Å². The van der Waals surface area contributed by atoms with Gasteiger partial charge in [0, 0.05) is 26.7 Å². The molecule has 0 spiro atoms. The predicted octanol–water partition coefficient (Wildman–Crippen LogP) is 0.646. The quantitative estimate of drug-likeness (QED) is 0.696. The Bertz CT molecular complexity index is 994. The summed E-state index contributed by atoms with van der Waals surface area (Å²) in [6.07, 6.45) is 0. The van der Waals surface area contributed by atoms with E-state index in [2.05, 4.69) is 4.98 Å². The maximum Gasteiger partial charge on any atom is 0.332 e. The minimum atomic E-state index is -0.396. The summed E-state index contributed by atoms with van der Waals surface area (Å²) in [5.74, 6) is 1.30. The molecule has 7 heteroatoms. The third kappa shape index (κ3) is 1.86. The smallest absolute Gasteiger partial charge is 0.332 e. The molecule has 3 rings (SSSR count). The van der Waals surface area contributed by atoms with Gasteiger partial charge in [0.05, 0.1) is 7.11 Å². The first kappa shape index (κ1) is 14.1. The summed E-state index contributed by atoms with van der Waals surface area (Å²) in [7, 11) is 6.41. The fourth-order valence-corrected chi connectivity index (χ4v) is 2.54. The Balaban J connectivity index is 2.40. The van der Waals surface area contributed by atoms with Crippen molar-refractivity contribution in [2.45, 2.75) is 0 Å². The van der Waals surface area contributed by atoms with Gasteiger partial charge in [-0.3, -0.25) is 13.9 Å². The molecule has 2 aromatic heterocycles. The highest BCUT2D eigenvalue weighted by atomic mass is 16.5. The molecule has 0 radical (unpaired) electrons. The van der Waals surface area contributed by atoms with Crippen molar-refractivity contribution in [2.75, 3.05) is 7.11 Å². The van der Waals surface area contributed by atoms with Gasteiger partial charge in [-0.1, -0.05) is 12.1 Å². The van der Waals surface area contributed by atoms with Crippen molar-refractivity contribution in [1.29, 1.82) is 0 Å². The molecule has 0 saturated carbocycles. The molecule has 0 aliphatic heterocycles. The van der Waals surface area contributed by atoms with Crippen LogP contribution in [0, 0.1) is 0 Å². The second-order valence-electron chi connectivity index (χ2n) is 5.10. The van der Waals surface area contributed by atoms with Gasteiger partial charge in [0.1, 0.15) is 11.6 Å². The predicted molar refractivity (Wildman–Crippen MR) is 83.2 cm³/mol. The van der Waals surface area contributed by atoms with Crippen LogP contribution in [0.2, 0.25) is 0 Å². The number of benzene rings is 1. The first-order valence-corrected chi connectivity index (χ1v) is 6.72. The lowest BCUT2D eigenvalue weighted by atomic mass is 10.2. The summed E-state index contributed by atoms with van der Waals surface area (Å²) in [5.41, 5.74) is 0.818. The number of ether oxygens (including phenoxy) is 1. The molecule has 0 saturated heterocycles. The van der Waals surface area contributed by atoms with Gasteiger partial charge in [-0.25, -0.2) is 9.78 Å². The molecule has 114 valence electrons. The Morgan fingerprint density at radius 1 is 1.05 bits per heavy atom. The van der Waals surface area contributed by atoms with Gasteiger partial charge in [-0.15, -0.1) is 0 Å². The van der Waals surface area contributed by atoms with E-state index >= 15 is 0 Å². The third-order valence-corrected chi connectivity index (χ3v) is 3.80. The molecule has 7 nitrogen and oxygen atoms in total. The zero-order chi connectivity index (χ0) is 16.0. The maximum absolute atomic E-state index is 12.4. The third-order valence-electron chi connectivity index (χ3n) is 3.80. The van der Waals surface area contributed by atoms with Crippen molar-refractivity contribution in [1.82, 2.24) is 18.7 Å². The maximum atomic E-state index is 12.4. The van der Waals surface area contributed by atoms with Gasteiger partial charge in [0.15, 0.2) is 11.2 Å². The number of aryl methyl sites for hydroxylation is 2. The minimum absolute atomic E-state index is 0.359. The van der Waals surface area contributed by atoms with Crippen LogP contribution < -0.4 is 16.0 Å². The van der Waals surface area contributed by atoms with Crippen molar-refractivity contribution in [3.8, 4) is 17.1 Å². The number of hydrogen-bond acceptors (Lipinski definition) is 4. The van der Waals surface area contributed by atoms with Gasteiger partial charge < -0.3 is 9.30 Å². The molecule has 2 heterocycles. The molecular formula is C15H16N4O3. The first-order valence-electron chi connectivity index (χ1n) is 6.72. The van der Waals surface area contributed by atoms with E-state index in [1.54, 1.807) is 25.8 Å². The van der Waals surface area contributed by atoms with E-state index in [9.17, 15) is 9.59 Å². The molecular weight excluding hydrogens is 284 g/mol. The zero-order valence-corrected chi connectivity index (χ0v) is 12.8. The zero-order valence-electron chi connectivity index (χ0n) is 12.8. The molecule has 0 bridgehead atoms. The number of nitrogens with zero attached hydrogens (tertiary/aromatic N) is 4. The van der Waals surface area contributed by atoms with Gasteiger partial charge in [0.25, 0.3) is 5.56 Å². The lowest BCUT2D eigenvalue weighted by Gasteiger charge is -2.05. The van der Waals surface area contributed by atoms with E-state index in [1.807, 2.05) is 24.3 Å². The lowest BCUT2D eigenvalue weighted by molar-refractivity contribution is 0.415. The Hall–Kier alpha value is -2.83. The van der Waals surface area contributed by atoms with Crippen LogP contribution >= 0.6 is 0 Å². The summed E-state index contributed by atoms with van der Waals surface area (Å²) in [6, 6.07) is 7.40. The van der Waals surface area contributed by atoms with Crippen LogP contribution in [0.4, 0.5) is 0 Å². The fraction of sp³-hybridized carbons (Fsp3) is 0.267. The van der Waals surface area contributed by atoms with E-state index in [4.69, 9.17) is 4.74 Å².